The molecule has 102 valence electrons. The maximum atomic E-state index is 12.2. The molecular weight excluding hydrogens is 230 g/mol. The number of likely N-dealkylation sites (tertiary alicyclic amines) is 1. The first-order valence-corrected chi connectivity index (χ1v) is 7.09. The van der Waals surface area contributed by atoms with Gasteiger partial charge in [-0.15, -0.1) is 0 Å². The van der Waals surface area contributed by atoms with Crippen molar-refractivity contribution >= 4 is 6.03 Å². The Hall–Kier alpha value is -0.810. The first kappa shape index (κ1) is 12.2. The SMILES string of the molecule is CN1C2CCC1CN(C(=O)NC1CCOC1)CC2. The zero-order valence-electron chi connectivity index (χ0n) is 11.1. The highest BCUT2D eigenvalue weighted by atomic mass is 16.5. The van der Waals surface area contributed by atoms with E-state index in [2.05, 4.69) is 17.3 Å². The van der Waals surface area contributed by atoms with Gasteiger partial charge in [0.25, 0.3) is 0 Å². The molecule has 3 fully saturated rings. The fourth-order valence-corrected chi connectivity index (χ4v) is 3.41. The first-order chi connectivity index (χ1) is 8.74. The van der Waals surface area contributed by atoms with Gasteiger partial charge in [-0.1, -0.05) is 0 Å². The van der Waals surface area contributed by atoms with Crippen LogP contribution in [0.25, 0.3) is 0 Å². The summed E-state index contributed by atoms with van der Waals surface area (Å²) in [6.07, 6.45) is 4.59. The second-order valence-electron chi connectivity index (χ2n) is 5.80. The molecule has 0 aliphatic carbocycles. The number of carbonyl (C=O) groups excluding carboxylic acids is 1. The monoisotopic (exact) mass is 253 g/mol. The number of hydrogen-bond donors (Lipinski definition) is 1. The molecule has 1 N–H and O–H groups in total. The highest BCUT2D eigenvalue weighted by Gasteiger charge is 2.36. The minimum absolute atomic E-state index is 0.103. The van der Waals surface area contributed by atoms with Gasteiger partial charge in [0.15, 0.2) is 0 Å². The lowest BCUT2D eigenvalue weighted by molar-refractivity contribution is 0.173. The lowest BCUT2D eigenvalue weighted by Gasteiger charge is -2.27. The summed E-state index contributed by atoms with van der Waals surface area (Å²) in [6, 6.07) is 1.56. The van der Waals surface area contributed by atoms with Crippen molar-refractivity contribution in [3.8, 4) is 0 Å². The van der Waals surface area contributed by atoms with Crippen molar-refractivity contribution in [1.29, 1.82) is 0 Å². The Morgan fingerprint density at radius 2 is 2.06 bits per heavy atom. The van der Waals surface area contributed by atoms with Crippen LogP contribution in [0.1, 0.15) is 25.7 Å². The fourth-order valence-electron chi connectivity index (χ4n) is 3.41. The number of hydrogen-bond acceptors (Lipinski definition) is 3. The molecule has 3 rings (SSSR count). The number of nitrogens with zero attached hydrogens (tertiary/aromatic N) is 2. The van der Waals surface area contributed by atoms with E-state index in [0.717, 1.165) is 32.5 Å². The zero-order chi connectivity index (χ0) is 12.5. The third-order valence-electron chi connectivity index (χ3n) is 4.69. The molecule has 5 heteroatoms. The van der Waals surface area contributed by atoms with Crippen LogP contribution < -0.4 is 5.32 Å². The first-order valence-electron chi connectivity index (χ1n) is 7.09. The average molecular weight is 253 g/mol. The third-order valence-corrected chi connectivity index (χ3v) is 4.69. The summed E-state index contributed by atoms with van der Waals surface area (Å²) in [5.41, 5.74) is 0. The Labute approximate surface area is 108 Å². The highest BCUT2D eigenvalue weighted by molar-refractivity contribution is 5.74. The normalized spacial score (nSPS) is 36.7. The molecule has 0 aromatic rings. The molecule has 3 aliphatic rings. The average Bonchev–Trinajstić information content (AvgIpc) is 2.89. The molecule has 2 bridgehead atoms. The molecule has 2 amide bonds. The largest absolute Gasteiger partial charge is 0.379 e. The molecule has 3 heterocycles. The summed E-state index contributed by atoms with van der Waals surface area (Å²) in [4.78, 5) is 16.7. The number of carbonyl (C=O) groups is 1. The number of urea groups is 1. The Bertz CT molecular complexity index is 317. The van der Waals surface area contributed by atoms with Crippen molar-refractivity contribution in [1.82, 2.24) is 15.1 Å². The second kappa shape index (κ2) is 5.05. The smallest absolute Gasteiger partial charge is 0.317 e. The quantitative estimate of drug-likeness (QED) is 0.746. The van der Waals surface area contributed by atoms with Gasteiger partial charge < -0.3 is 15.0 Å². The van der Waals surface area contributed by atoms with E-state index in [9.17, 15) is 4.79 Å². The van der Waals surface area contributed by atoms with Crippen molar-refractivity contribution in [2.75, 3.05) is 33.4 Å². The van der Waals surface area contributed by atoms with Gasteiger partial charge in [-0.3, -0.25) is 4.90 Å². The number of fused-ring (bicyclic) bond motifs is 2. The van der Waals surface area contributed by atoms with E-state index in [1.165, 1.54) is 12.8 Å². The Morgan fingerprint density at radius 1 is 1.22 bits per heavy atom. The van der Waals surface area contributed by atoms with Crippen LogP contribution in [-0.2, 0) is 4.74 Å². The summed E-state index contributed by atoms with van der Waals surface area (Å²) in [5, 5.41) is 3.09. The summed E-state index contributed by atoms with van der Waals surface area (Å²) < 4.78 is 5.29. The third kappa shape index (κ3) is 2.34. The number of ether oxygens (including phenoxy) is 1. The number of likely N-dealkylation sites (N-methyl/N-ethyl adjacent to an activating group) is 1. The van der Waals surface area contributed by atoms with Crippen LogP contribution in [0, 0.1) is 0 Å². The molecule has 0 spiro atoms. The van der Waals surface area contributed by atoms with E-state index in [0.29, 0.717) is 18.7 Å². The van der Waals surface area contributed by atoms with Gasteiger partial charge in [-0.05, 0) is 32.7 Å². The van der Waals surface area contributed by atoms with Gasteiger partial charge >= 0.3 is 6.03 Å². The van der Waals surface area contributed by atoms with Crippen LogP contribution in [-0.4, -0.2) is 67.3 Å². The number of nitrogens with one attached hydrogen (secondary N) is 1. The van der Waals surface area contributed by atoms with Crippen molar-refractivity contribution in [3.05, 3.63) is 0 Å². The van der Waals surface area contributed by atoms with Crippen LogP contribution in [0.15, 0.2) is 0 Å². The van der Waals surface area contributed by atoms with Gasteiger partial charge in [-0.25, -0.2) is 4.79 Å². The van der Waals surface area contributed by atoms with E-state index in [-0.39, 0.29) is 12.1 Å². The van der Waals surface area contributed by atoms with Crippen LogP contribution in [0.4, 0.5) is 4.79 Å². The Morgan fingerprint density at radius 3 is 2.83 bits per heavy atom. The molecular formula is C13H23N3O2. The summed E-state index contributed by atoms with van der Waals surface area (Å²) in [7, 11) is 2.20. The molecule has 3 aliphatic heterocycles. The number of rotatable bonds is 1. The van der Waals surface area contributed by atoms with Crippen molar-refractivity contribution in [3.63, 3.8) is 0 Å². The predicted molar refractivity (Wildman–Crippen MR) is 68.5 cm³/mol. The standard InChI is InChI=1S/C13H23N3O2/c1-15-11-2-3-12(15)8-16(6-4-11)13(17)14-10-5-7-18-9-10/h10-12H,2-9H2,1H3,(H,14,17). The molecule has 0 saturated carbocycles. The zero-order valence-corrected chi connectivity index (χ0v) is 11.1. The van der Waals surface area contributed by atoms with Gasteiger partial charge in [0, 0.05) is 31.8 Å². The van der Waals surface area contributed by atoms with Crippen LogP contribution in [0.2, 0.25) is 0 Å². The van der Waals surface area contributed by atoms with Gasteiger partial charge in [0.2, 0.25) is 0 Å². The summed E-state index contributed by atoms with van der Waals surface area (Å²) in [6.45, 7) is 3.22. The molecule has 0 radical (unpaired) electrons. The molecule has 3 atom stereocenters. The Balaban J connectivity index is 1.57. The molecule has 5 nitrogen and oxygen atoms in total. The van der Waals surface area contributed by atoms with Crippen molar-refractivity contribution in [2.24, 2.45) is 0 Å². The fraction of sp³-hybridized carbons (Fsp3) is 0.923. The number of amides is 2. The Kier molecular flexibility index (Phi) is 3.43. The van der Waals surface area contributed by atoms with Gasteiger partial charge in [-0.2, -0.15) is 0 Å². The van der Waals surface area contributed by atoms with Crippen molar-refractivity contribution in [2.45, 2.75) is 43.8 Å². The topological polar surface area (TPSA) is 44.8 Å². The van der Waals surface area contributed by atoms with Gasteiger partial charge in [0.05, 0.1) is 12.6 Å². The molecule has 18 heavy (non-hydrogen) atoms. The van der Waals surface area contributed by atoms with E-state index in [1.807, 2.05) is 4.90 Å². The van der Waals surface area contributed by atoms with Crippen LogP contribution in [0.3, 0.4) is 0 Å². The van der Waals surface area contributed by atoms with Crippen LogP contribution in [0.5, 0.6) is 0 Å². The maximum absolute atomic E-state index is 12.2. The summed E-state index contributed by atoms with van der Waals surface area (Å²) >= 11 is 0. The van der Waals surface area contributed by atoms with E-state index in [1.54, 1.807) is 0 Å². The lowest BCUT2D eigenvalue weighted by Crippen LogP contribution is -2.48. The molecule has 0 aromatic carbocycles. The van der Waals surface area contributed by atoms with Crippen molar-refractivity contribution < 1.29 is 9.53 Å². The maximum Gasteiger partial charge on any atom is 0.317 e. The van der Waals surface area contributed by atoms with E-state index < -0.39 is 0 Å². The lowest BCUT2D eigenvalue weighted by atomic mass is 10.1. The molecule has 3 unspecified atom stereocenters. The minimum atomic E-state index is 0.103. The van der Waals surface area contributed by atoms with E-state index in [4.69, 9.17) is 4.74 Å². The van der Waals surface area contributed by atoms with Crippen LogP contribution >= 0.6 is 0 Å². The predicted octanol–water partition coefficient (Wildman–Crippen LogP) is 0.653. The second-order valence-corrected chi connectivity index (χ2v) is 5.80. The summed E-state index contributed by atoms with van der Waals surface area (Å²) in [5.74, 6) is 0. The highest BCUT2D eigenvalue weighted by Crippen LogP contribution is 2.28. The molecule has 3 saturated heterocycles. The van der Waals surface area contributed by atoms with Gasteiger partial charge in [0.1, 0.15) is 0 Å². The van der Waals surface area contributed by atoms with E-state index >= 15 is 0 Å². The minimum Gasteiger partial charge on any atom is -0.379 e. The molecule has 0 aromatic heterocycles.